The summed E-state index contributed by atoms with van der Waals surface area (Å²) in [4.78, 5) is 24.1. The van der Waals surface area contributed by atoms with E-state index in [1.807, 2.05) is 32.9 Å². The van der Waals surface area contributed by atoms with Crippen LogP contribution in [0.25, 0.3) is 32.9 Å². The standard InChI is InChI=1S/C21H18FN3OS/c1-21(2,3)12-7-8-13(15(22)10-12)14-11-27-18-17(14)24-19(25-20(18)26)16-6-4-5-9-23-16/h4-11H,1-3H3,(H,24,25,26). The van der Waals surface area contributed by atoms with Crippen molar-refractivity contribution < 1.29 is 4.39 Å². The van der Waals surface area contributed by atoms with Crippen molar-refractivity contribution in [2.24, 2.45) is 0 Å². The molecular weight excluding hydrogens is 361 g/mol. The first-order valence-electron chi connectivity index (χ1n) is 8.58. The highest BCUT2D eigenvalue weighted by atomic mass is 32.1. The van der Waals surface area contributed by atoms with Gasteiger partial charge in [-0.2, -0.15) is 0 Å². The summed E-state index contributed by atoms with van der Waals surface area (Å²) in [6.07, 6.45) is 1.64. The number of hydrogen-bond donors (Lipinski definition) is 1. The van der Waals surface area contributed by atoms with E-state index >= 15 is 0 Å². The zero-order valence-corrected chi connectivity index (χ0v) is 16.0. The first kappa shape index (κ1) is 17.5. The van der Waals surface area contributed by atoms with Crippen molar-refractivity contribution in [3.63, 3.8) is 0 Å². The van der Waals surface area contributed by atoms with E-state index in [0.29, 0.717) is 32.9 Å². The van der Waals surface area contributed by atoms with Gasteiger partial charge in [-0.25, -0.2) is 9.37 Å². The first-order chi connectivity index (χ1) is 12.8. The molecule has 0 aliphatic heterocycles. The second-order valence-corrected chi connectivity index (χ2v) is 8.28. The lowest BCUT2D eigenvalue weighted by atomic mass is 9.86. The molecule has 0 spiro atoms. The molecule has 0 aliphatic rings. The van der Waals surface area contributed by atoms with Crippen LogP contribution in [0.3, 0.4) is 0 Å². The first-order valence-corrected chi connectivity index (χ1v) is 9.46. The number of halogens is 1. The summed E-state index contributed by atoms with van der Waals surface area (Å²) in [5.74, 6) is 0.0584. The predicted octanol–water partition coefficient (Wildman–Crippen LogP) is 5.15. The minimum Gasteiger partial charge on any atom is -0.304 e. The Morgan fingerprint density at radius 1 is 1.11 bits per heavy atom. The number of fused-ring (bicyclic) bond motifs is 1. The fraction of sp³-hybridized carbons (Fsp3) is 0.190. The summed E-state index contributed by atoms with van der Waals surface area (Å²) >= 11 is 1.26. The van der Waals surface area contributed by atoms with E-state index < -0.39 is 0 Å². The molecule has 0 radical (unpaired) electrons. The molecule has 4 nitrogen and oxygen atoms in total. The van der Waals surface area contributed by atoms with Gasteiger partial charge in [-0.05, 0) is 29.2 Å². The molecular formula is C21H18FN3OS. The SMILES string of the molecule is CC(C)(C)c1ccc(-c2csc3c(=O)[nH]c(-c4ccccn4)nc23)c(F)c1. The van der Waals surface area contributed by atoms with Gasteiger partial charge < -0.3 is 4.98 Å². The smallest absolute Gasteiger partial charge is 0.269 e. The largest absolute Gasteiger partial charge is 0.304 e. The van der Waals surface area contributed by atoms with Gasteiger partial charge in [-0.1, -0.05) is 39.0 Å². The Balaban J connectivity index is 1.91. The Hall–Kier alpha value is -2.86. The maximum Gasteiger partial charge on any atom is 0.269 e. The van der Waals surface area contributed by atoms with E-state index in [0.717, 1.165) is 5.56 Å². The monoisotopic (exact) mass is 379 g/mol. The number of pyridine rings is 1. The van der Waals surface area contributed by atoms with E-state index in [9.17, 15) is 9.18 Å². The Kier molecular flexibility index (Phi) is 4.15. The van der Waals surface area contributed by atoms with Crippen molar-refractivity contribution in [2.75, 3.05) is 0 Å². The van der Waals surface area contributed by atoms with Crippen LogP contribution in [0.5, 0.6) is 0 Å². The average Bonchev–Trinajstić information content (AvgIpc) is 3.06. The molecule has 0 atom stereocenters. The maximum absolute atomic E-state index is 14.9. The van der Waals surface area contributed by atoms with Gasteiger partial charge in [0.1, 0.15) is 16.2 Å². The lowest BCUT2D eigenvalue weighted by Crippen LogP contribution is -2.11. The molecule has 0 fully saturated rings. The summed E-state index contributed by atoms with van der Waals surface area (Å²) in [6.45, 7) is 6.13. The van der Waals surface area contributed by atoms with Gasteiger partial charge in [0.2, 0.25) is 0 Å². The van der Waals surface area contributed by atoms with Crippen LogP contribution in [0.15, 0.2) is 52.8 Å². The number of nitrogens with one attached hydrogen (secondary N) is 1. The van der Waals surface area contributed by atoms with Crippen LogP contribution in [-0.4, -0.2) is 15.0 Å². The molecule has 3 aromatic heterocycles. The number of H-pyrrole nitrogens is 1. The van der Waals surface area contributed by atoms with Crippen molar-refractivity contribution in [3.05, 3.63) is 69.7 Å². The van der Waals surface area contributed by atoms with Crippen LogP contribution >= 0.6 is 11.3 Å². The van der Waals surface area contributed by atoms with Crippen molar-refractivity contribution in [2.45, 2.75) is 26.2 Å². The zero-order chi connectivity index (χ0) is 19.2. The molecule has 3 heterocycles. The number of thiophene rings is 1. The molecule has 27 heavy (non-hydrogen) atoms. The number of nitrogens with zero attached hydrogens (tertiary/aromatic N) is 2. The van der Waals surface area contributed by atoms with Gasteiger partial charge >= 0.3 is 0 Å². The Labute approximate surface area is 159 Å². The quantitative estimate of drug-likeness (QED) is 0.524. The molecule has 136 valence electrons. The molecule has 1 aromatic carbocycles. The molecule has 0 unspecified atom stereocenters. The number of benzene rings is 1. The molecule has 4 rings (SSSR count). The van der Waals surface area contributed by atoms with Crippen LogP contribution in [0.2, 0.25) is 0 Å². The molecule has 0 aliphatic carbocycles. The van der Waals surface area contributed by atoms with Gasteiger partial charge in [-0.15, -0.1) is 11.3 Å². The van der Waals surface area contributed by atoms with Gasteiger partial charge in [0.25, 0.3) is 5.56 Å². The van der Waals surface area contributed by atoms with E-state index in [4.69, 9.17) is 0 Å². The molecule has 1 N–H and O–H groups in total. The third-order valence-electron chi connectivity index (χ3n) is 4.46. The number of hydrogen-bond acceptors (Lipinski definition) is 4. The second-order valence-electron chi connectivity index (χ2n) is 7.40. The minimum atomic E-state index is -0.316. The maximum atomic E-state index is 14.9. The lowest BCUT2D eigenvalue weighted by Gasteiger charge is -2.19. The summed E-state index contributed by atoms with van der Waals surface area (Å²) in [5.41, 5.74) is 2.66. The zero-order valence-electron chi connectivity index (χ0n) is 15.2. The van der Waals surface area contributed by atoms with E-state index in [2.05, 4.69) is 15.0 Å². The number of aromatic amines is 1. The average molecular weight is 379 g/mol. The highest BCUT2D eigenvalue weighted by molar-refractivity contribution is 7.17. The minimum absolute atomic E-state index is 0.141. The molecule has 0 saturated heterocycles. The van der Waals surface area contributed by atoms with Crippen LogP contribution < -0.4 is 5.56 Å². The molecule has 0 bridgehead atoms. The third-order valence-corrected chi connectivity index (χ3v) is 5.43. The van der Waals surface area contributed by atoms with Crippen molar-refractivity contribution in [3.8, 4) is 22.6 Å². The molecule has 0 amide bonds. The Bertz CT molecular complexity index is 1190. The van der Waals surface area contributed by atoms with Crippen molar-refractivity contribution in [1.82, 2.24) is 15.0 Å². The summed E-state index contributed by atoms with van der Waals surface area (Å²) in [6, 6.07) is 10.6. The molecule has 4 aromatic rings. The molecule has 6 heteroatoms. The number of aromatic nitrogens is 3. The van der Waals surface area contributed by atoms with Gasteiger partial charge in [0.05, 0.1) is 5.52 Å². The van der Waals surface area contributed by atoms with Gasteiger partial charge in [0, 0.05) is 22.7 Å². The fourth-order valence-electron chi connectivity index (χ4n) is 2.94. The summed E-state index contributed by atoms with van der Waals surface area (Å²) in [7, 11) is 0. The normalized spacial score (nSPS) is 11.9. The van der Waals surface area contributed by atoms with E-state index in [1.165, 1.54) is 11.3 Å². The van der Waals surface area contributed by atoms with E-state index in [1.54, 1.807) is 35.8 Å². The van der Waals surface area contributed by atoms with Crippen LogP contribution in [0.4, 0.5) is 4.39 Å². The predicted molar refractivity (Wildman–Crippen MR) is 108 cm³/mol. The highest BCUT2D eigenvalue weighted by Crippen LogP contribution is 2.35. The number of rotatable bonds is 2. The van der Waals surface area contributed by atoms with Gasteiger partial charge in [-0.3, -0.25) is 9.78 Å². The Morgan fingerprint density at radius 2 is 1.93 bits per heavy atom. The van der Waals surface area contributed by atoms with Crippen molar-refractivity contribution in [1.29, 1.82) is 0 Å². The van der Waals surface area contributed by atoms with E-state index in [-0.39, 0.29) is 16.8 Å². The fourth-order valence-corrected chi connectivity index (χ4v) is 3.84. The van der Waals surface area contributed by atoms with Crippen LogP contribution in [-0.2, 0) is 5.41 Å². The third kappa shape index (κ3) is 3.17. The lowest BCUT2D eigenvalue weighted by molar-refractivity contribution is 0.573. The van der Waals surface area contributed by atoms with Crippen LogP contribution in [0.1, 0.15) is 26.3 Å². The van der Waals surface area contributed by atoms with Crippen molar-refractivity contribution >= 4 is 21.6 Å². The van der Waals surface area contributed by atoms with Gasteiger partial charge in [0.15, 0.2) is 5.82 Å². The van der Waals surface area contributed by atoms with Crippen LogP contribution in [0, 0.1) is 5.82 Å². The summed E-state index contributed by atoms with van der Waals surface area (Å²) in [5, 5.41) is 1.78. The second kappa shape index (κ2) is 6.39. The topological polar surface area (TPSA) is 58.6 Å². The molecule has 0 saturated carbocycles. The highest BCUT2D eigenvalue weighted by Gasteiger charge is 2.19. The summed E-state index contributed by atoms with van der Waals surface area (Å²) < 4.78 is 15.4. The Morgan fingerprint density at radius 3 is 2.59 bits per heavy atom.